The molecule has 0 radical (unpaired) electrons. The Kier molecular flexibility index (Phi) is 8.19. The molecule has 1 aromatic heterocycles. The van der Waals surface area contributed by atoms with E-state index < -0.39 is 0 Å². The molecule has 1 amide bonds. The predicted octanol–water partition coefficient (Wildman–Crippen LogP) is 1.92. The molecule has 1 aromatic rings. The van der Waals surface area contributed by atoms with Crippen molar-refractivity contribution >= 4 is 36.5 Å². The van der Waals surface area contributed by atoms with Gasteiger partial charge in [0.05, 0.1) is 11.7 Å². The molecule has 24 heavy (non-hydrogen) atoms. The van der Waals surface area contributed by atoms with Crippen LogP contribution in [0.3, 0.4) is 0 Å². The van der Waals surface area contributed by atoms with Gasteiger partial charge in [-0.15, -0.1) is 24.8 Å². The number of nitrogens with zero attached hydrogens (tertiary/aromatic N) is 3. The van der Waals surface area contributed by atoms with Crippen molar-refractivity contribution in [3.05, 3.63) is 18.6 Å². The molecule has 0 unspecified atom stereocenters. The van der Waals surface area contributed by atoms with Gasteiger partial charge >= 0.3 is 0 Å². The Morgan fingerprint density at radius 3 is 2.46 bits per heavy atom. The maximum Gasteiger partial charge on any atom is 0.223 e. The molecule has 1 aliphatic carbocycles. The first-order chi connectivity index (χ1) is 10.7. The van der Waals surface area contributed by atoms with Crippen LogP contribution in [0.1, 0.15) is 38.5 Å². The van der Waals surface area contributed by atoms with E-state index in [1.165, 1.54) is 12.8 Å². The van der Waals surface area contributed by atoms with Crippen LogP contribution in [0.4, 0.5) is 5.82 Å². The van der Waals surface area contributed by atoms with E-state index in [0.29, 0.717) is 6.54 Å². The van der Waals surface area contributed by atoms with Crippen LogP contribution in [0.15, 0.2) is 18.6 Å². The van der Waals surface area contributed by atoms with Crippen molar-refractivity contribution in [1.82, 2.24) is 15.3 Å². The summed E-state index contributed by atoms with van der Waals surface area (Å²) in [6.07, 6.45) is 11.3. The molecule has 8 heteroatoms. The van der Waals surface area contributed by atoms with Gasteiger partial charge in [-0.3, -0.25) is 9.78 Å². The number of rotatable bonds is 4. The third-order valence-electron chi connectivity index (χ3n) is 5.08. The molecule has 1 aliphatic heterocycles. The lowest BCUT2D eigenvalue weighted by Gasteiger charge is -2.35. The molecule has 136 valence electrons. The molecule has 3 N–H and O–H groups in total. The zero-order valence-electron chi connectivity index (χ0n) is 13.8. The van der Waals surface area contributed by atoms with Gasteiger partial charge in [-0.1, -0.05) is 12.8 Å². The van der Waals surface area contributed by atoms with Gasteiger partial charge < -0.3 is 16.0 Å². The van der Waals surface area contributed by atoms with Crippen LogP contribution >= 0.6 is 24.8 Å². The highest BCUT2D eigenvalue weighted by molar-refractivity contribution is 5.85. The molecule has 0 bridgehead atoms. The van der Waals surface area contributed by atoms with Gasteiger partial charge in [0.15, 0.2) is 0 Å². The number of hydrogen-bond acceptors (Lipinski definition) is 5. The third kappa shape index (κ3) is 4.71. The number of carbonyl (C=O) groups excluding carboxylic acids is 1. The van der Waals surface area contributed by atoms with Crippen molar-refractivity contribution in [2.24, 2.45) is 11.7 Å². The second kappa shape index (κ2) is 9.39. The third-order valence-corrected chi connectivity index (χ3v) is 5.08. The molecule has 0 spiro atoms. The van der Waals surface area contributed by atoms with Gasteiger partial charge in [0.1, 0.15) is 5.82 Å². The summed E-state index contributed by atoms with van der Waals surface area (Å²) in [4.78, 5) is 23.2. The zero-order chi connectivity index (χ0) is 15.4. The maximum absolute atomic E-state index is 12.5. The van der Waals surface area contributed by atoms with Crippen LogP contribution in [0.2, 0.25) is 0 Å². The summed E-state index contributed by atoms with van der Waals surface area (Å²) < 4.78 is 0. The molecule has 1 saturated heterocycles. The van der Waals surface area contributed by atoms with E-state index in [1.807, 2.05) is 0 Å². The van der Waals surface area contributed by atoms with Crippen LogP contribution in [0.5, 0.6) is 0 Å². The highest BCUT2D eigenvalue weighted by Gasteiger charge is 2.36. The topological polar surface area (TPSA) is 84.1 Å². The van der Waals surface area contributed by atoms with E-state index in [0.717, 1.165) is 44.6 Å². The molecular weight excluding hydrogens is 349 g/mol. The second-order valence-corrected chi connectivity index (χ2v) is 6.51. The van der Waals surface area contributed by atoms with Crippen LogP contribution in [-0.4, -0.2) is 41.0 Å². The first-order valence-electron chi connectivity index (χ1n) is 8.25. The Hall–Kier alpha value is -1.11. The molecule has 6 nitrogen and oxygen atoms in total. The number of amides is 1. The highest BCUT2D eigenvalue weighted by Crippen LogP contribution is 2.30. The Balaban J connectivity index is 0.00000144. The average Bonchev–Trinajstić information content (AvgIpc) is 3.05. The van der Waals surface area contributed by atoms with Gasteiger partial charge in [0, 0.05) is 37.9 Å². The summed E-state index contributed by atoms with van der Waals surface area (Å²) in [5, 5.41) is 3.26. The SMILES string of the molecule is Cl.Cl.NCC1(NC(=O)C2CCN(c3cnccn3)CC2)CCCC1. The van der Waals surface area contributed by atoms with Crippen molar-refractivity contribution in [2.75, 3.05) is 24.5 Å². The molecule has 0 atom stereocenters. The Bertz CT molecular complexity index is 502. The van der Waals surface area contributed by atoms with Gasteiger partial charge in [-0.25, -0.2) is 4.98 Å². The Labute approximate surface area is 155 Å². The first kappa shape index (κ1) is 20.9. The van der Waals surface area contributed by atoms with E-state index >= 15 is 0 Å². The minimum Gasteiger partial charge on any atom is -0.355 e. The smallest absolute Gasteiger partial charge is 0.223 e. The summed E-state index contributed by atoms with van der Waals surface area (Å²) in [5.74, 6) is 1.18. The van der Waals surface area contributed by atoms with E-state index in [2.05, 4.69) is 20.2 Å². The number of carbonyl (C=O) groups is 1. The lowest BCUT2D eigenvalue weighted by Crippen LogP contribution is -2.54. The molecule has 0 aromatic carbocycles. The molecule has 2 heterocycles. The lowest BCUT2D eigenvalue weighted by molar-refractivity contribution is -0.127. The fourth-order valence-corrected chi connectivity index (χ4v) is 3.62. The monoisotopic (exact) mass is 375 g/mol. The minimum atomic E-state index is -0.140. The van der Waals surface area contributed by atoms with E-state index in [9.17, 15) is 4.79 Å². The second-order valence-electron chi connectivity index (χ2n) is 6.51. The average molecular weight is 376 g/mol. The molecule has 2 aliphatic rings. The van der Waals surface area contributed by atoms with Crippen molar-refractivity contribution in [3.63, 3.8) is 0 Å². The molecule has 2 fully saturated rings. The lowest BCUT2D eigenvalue weighted by atomic mass is 9.92. The summed E-state index contributed by atoms with van der Waals surface area (Å²) in [6, 6.07) is 0. The largest absolute Gasteiger partial charge is 0.355 e. The Morgan fingerprint density at radius 1 is 1.25 bits per heavy atom. The summed E-state index contributed by atoms with van der Waals surface area (Å²) in [7, 11) is 0. The van der Waals surface area contributed by atoms with Gasteiger partial charge in [0.2, 0.25) is 5.91 Å². The van der Waals surface area contributed by atoms with Crippen LogP contribution in [0, 0.1) is 5.92 Å². The van der Waals surface area contributed by atoms with Gasteiger partial charge in [0.25, 0.3) is 0 Å². The van der Waals surface area contributed by atoms with Crippen LogP contribution in [-0.2, 0) is 4.79 Å². The van der Waals surface area contributed by atoms with Crippen molar-refractivity contribution in [2.45, 2.75) is 44.1 Å². The van der Waals surface area contributed by atoms with E-state index in [-0.39, 0.29) is 42.2 Å². The number of hydrogen-bond donors (Lipinski definition) is 2. The fraction of sp³-hybridized carbons (Fsp3) is 0.688. The predicted molar refractivity (Wildman–Crippen MR) is 99.9 cm³/mol. The summed E-state index contributed by atoms with van der Waals surface area (Å²) in [6.45, 7) is 2.26. The van der Waals surface area contributed by atoms with Crippen molar-refractivity contribution < 1.29 is 4.79 Å². The minimum absolute atomic E-state index is 0. The first-order valence-corrected chi connectivity index (χ1v) is 8.25. The quantitative estimate of drug-likeness (QED) is 0.839. The summed E-state index contributed by atoms with van der Waals surface area (Å²) in [5.41, 5.74) is 5.77. The molecular formula is C16H27Cl2N5O. The number of nitrogens with one attached hydrogen (secondary N) is 1. The number of halogens is 2. The number of aromatic nitrogens is 2. The van der Waals surface area contributed by atoms with E-state index in [4.69, 9.17) is 5.73 Å². The van der Waals surface area contributed by atoms with Crippen molar-refractivity contribution in [3.8, 4) is 0 Å². The maximum atomic E-state index is 12.5. The van der Waals surface area contributed by atoms with Gasteiger partial charge in [-0.2, -0.15) is 0 Å². The Morgan fingerprint density at radius 2 is 1.92 bits per heavy atom. The number of anilines is 1. The fourth-order valence-electron chi connectivity index (χ4n) is 3.62. The molecule has 3 rings (SSSR count). The van der Waals surface area contributed by atoms with Crippen LogP contribution < -0.4 is 16.0 Å². The number of piperidine rings is 1. The number of nitrogens with two attached hydrogens (primary N) is 1. The summed E-state index contributed by atoms with van der Waals surface area (Å²) >= 11 is 0. The van der Waals surface area contributed by atoms with Crippen molar-refractivity contribution in [1.29, 1.82) is 0 Å². The zero-order valence-corrected chi connectivity index (χ0v) is 15.5. The highest BCUT2D eigenvalue weighted by atomic mass is 35.5. The standard InChI is InChI=1S/C16H25N5O.2ClH/c17-12-16(5-1-2-6-16)20-15(22)13-3-9-21(10-4-13)14-11-18-7-8-19-14;;/h7-8,11,13H,1-6,9-10,12,17H2,(H,20,22);2*1H. The van der Waals surface area contributed by atoms with Gasteiger partial charge in [-0.05, 0) is 25.7 Å². The van der Waals surface area contributed by atoms with Crippen LogP contribution in [0.25, 0.3) is 0 Å². The molecule has 1 saturated carbocycles. The van der Waals surface area contributed by atoms with E-state index in [1.54, 1.807) is 18.6 Å². The normalized spacial score (nSPS) is 20.0.